The van der Waals surface area contributed by atoms with Gasteiger partial charge in [0.2, 0.25) is 0 Å². The largest absolute Gasteiger partial charge is 0.481 e. The molecule has 1 N–H and O–H groups in total. The van der Waals surface area contributed by atoms with Crippen molar-refractivity contribution >= 4 is 16.7 Å². The van der Waals surface area contributed by atoms with Crippen molar-refractivity contribution in [2.75, 3.05) is 0 Å². The summed E-state index contributed by atoms with van der Waals surface area (Å²) in [5.74, 6) is -0.732. The van der Waals surface area contributed by atoms with Crippen LogP contribution in [0.3, 0.4) is 0 Å². The molecule has 2 heteroatoms. The Kier molecular flexibility index (Phi) is 3.92. The number of hydrogen-bond acceptors (Lipinski definition) is 1. The van der Waals surface area contributed by atoms with Crippen LogP contribution in [0.4, 0.5) is 0 Å². The smallest absolute Gasteiger partial charge is 0.303 e. The zero-order chi connectivity index (χ0) is 15.5. The summed E-state index contributed by atoms with van der Waals surface area (Å²) in [7, 11) is 0. The minimum atomic E-state index is -0.759. The molecule has 0 amide bonds. The van der Waals surface area contributed by atoms with Crippen LogP contribution in [0.2, 0.25) is 0 Å². The first-order valence-electron chi connectivity index (χ1n) is 7.45. The third kappa shape index (κ3) is 2.86. The molecule has 2 nitrogen and oxygen atoms in total. The molecule has 0 aliphatic rings. The fourth-order valence-corrected chi connectivity index (χ4v) is 2.85. The molecular weight excluding hydrogens is 272 g/mol. The molecular formula is C20H18O2. The second kappa shape index (κ2) is 6.02. The van der Waals surface area contributed by atoms with Gasteiger partial charge in [0, 0.05) is 0 Å². The van der Waals surface area contributed by atoms with Gasteiger partial charge < -0.3 is 5.11 Å². The van der Waals surface area contributed by atoms with Crippen LogP contribution >= 0.6 is 0 Å². The molecule has 0 saturated heterocycles. The van der Waals surface area contributed by atoms with Gasteiger partial charge in [-0.1, -0.05) is 73.7 Å². The predicted octanol–water partition coefficient (Wildman–Crippen LogP) is 5.09. The Labute approximate surface area is 130 Å². The molecule has 3 rings (SSSR count). The van der Waals surface area contributed by atoms with Crippen molar-refractivity contribution in [2.24, 2.45) is 0 Å². The molecule has 0 bridgehead atoms. The lowest BCUT2D eigenvalue weighted by atomic mass is 9.93. The summed E-state index contributed by atoms with van der Waals surface area (Å²) in [5.41, 5.74) is 3.42. The van der Waals surface area contributed by atoms with Gasteiger partial charge in [-0.15, -0.1) is 0 Å². The minimum Gasteiger partial charge on any atom is -0.481 e. The number of carboxylic acids is 1. The Morgan fingerprint density at radius 2 is 1.64 bits per heavy atom. The second-order valence-corrected chi connectivity index (χ2v) is 5.65. The number of fused-ring (bicyclic) bond motifs is 1. The first-order chi connectivity index (χ1) is 10.6. The van der Waals surface area contributed by atoms with Gasteiger partial charge in [-0.2, -0.15) is 0 Å². The van der Waals surface area contributed by atoms with Crippen molar-refractivity contribution in [3.63, 3.8) is 0 Å². The van der Waals surface area contributed by atoms with Gasteiger partial charge in [0.25, 0.3) is 0 Å². The van der Waals surface area contributed by atoms with Gasteiger partial charge in [-0.3, -0.25) is 4.79 Å². The molecule has 0 aliphatic heterocycles. The normalized spacial score (nSPS) is 12.2. The maximum atomic E-state index is 10.8. The van der Waals surface area contributed by atoms with Crippen LogP contribution in [0.25, 0.3) is 21.9 Å². The van der Waals surface area contributed by atoms with Gasteiger partial charge in [0.1, 0.15) is 0 Å². The third-order valence-corrected chi connectivity index (χ3v) is 4.06. The summed E-state index contributed by atoms with van der Waals surface area (Å²) in [4.78, 5) is 10.8. The molecule has 3 aromatic carbocycles. The van der Waals surface area contributed by atoms with Crippen LogP contribution in [0.15, 0.2) is 66.7 Å². The van der Waals surface area contributed by atoms with Crippen molar-refractivity contribution in [1.82, 2.24) is 0 Å². The molecule has 0 aliphatic carbocycles. The zero-order valence-corrected chi connectivity index (χ0v) is 12.5. The molecule has 0 radical (unpaired) electrons. The van der Waals surface area contributed by atoms with Crippen molar-refractivity contribution in [1.29, 1.82) is 0 Å². The highest BCUT2D eigenvalue weighted by molar-refractivity contribution is 5.96. The van der Waals surface area contributed by atoms with E-state index in [-0.39, 0.29) is 12.3 Å². The Hall–Kier alpha value is -2.61. The van der Waals surface area contributed by atoms with E-state index in [1.807, 2.05) is 25.1 Å². The highest BCUT2D eigenvalue weighted by atomic mass is 16.4. The summed E-state index contributed by atoms with van der Waals surface area (Å²) in [6.45, 7) is 1.95. The minimum absolute atomic E-state index is 0.0269. The topological polar surface area (TPSA) is 37.3 Å². The van der Waals surface area contributed by atoms with E-state index in [2.05, 4.69) is 48.5 Å². The molecule has 0 aromatic heterocycles. The van der Waals surface area contributed by atoms with Crippen LogP contribution in [0.5, 0.6) is 0 Å². The first kappa shape index (κ1) is 14.3. The van der Waals surface area contributed by atoms with Gasteiger partial charge >= 0.3 is 5.97 Å². The molecule has 0 heterocycles. The second-order valence-electron chi connectivity index (χ2n) is 5.65. The maximum absolute atomic E-state index is 10.8. The highest BCUT2D eigenvalue weighted by Gasteiger charge is 2.10. The van der Waals surface area contributed by atoms with Crippen molar-refractivity contribution in [2.45, 2.75) is 19.3 Å². The summed E-state index contributed by atoms with van der Waals surface area (Å²) in [6.07, 6.45) is 0.160. The molecule has 0 fully saturated rings. The number of rotatable bonds is 4. The number of carbonyl (C=O) groups is 1. The van der Waals surface area contributed by atoms with Crippen LogP contribution in [-0.2, 0) is 4.79 Å². The maximum Gasteiger partial charge on any atom is 0.303 e. The van der Waals surface area contributed by atoms with E-state index in [1.54, 1.807) is 0 Å². The Bertz CT molecular complexity index is 798. The lowest BCUT2D eigenvalue weighted by Crippen LogP contribution is -2.02. The zero-order valence-electron chi connectivity index (χ0n) is 12.5. The van der Waals surface area contributed by atoms with Crippen LogP contribution in [0.1, 0.15) is 24.8 Å². The van der Waals surface area contributed by atoms with Crippen LogP contribution in [0, 0.1) is 0 Å². The number of hydrogen-bond donors (Lipinski definition) is 1. The summed E-state index contributed by atoms with van der Waals surface area (Å²) in [6, 6.07) is 22.9. The number of carboxylic acid groups (broad SMARTS) is 1. The first-order valence-corrected chi connectivity index (χ1v) is 7.45. The van der Waals surface area contributed by atoms with E-state index in [1.165, 1.54) is 16.3 Å². The Morgan fingerprint density at radius 3 is 2.36 bits per heavy atom. The SMILES string of the molecule is CC(CC(=O)O)c1ccc(-c2cccc3ccccc23)cc1. The average molecular weight is 290 g/mol. The van der Waals surface area contributed by atoms with E-state index in [0.717, 1.165) is 11.1 Å². The standard InChI is InChI=1S/C20H18O2/c1-14(13-20(21)22)15-9-11-17(12-10-15)19-8-4-6-16-5-2-3-7-18(16)19/h2-12,14H,13H2,1H3,(H,21,22). The van der Waals surface area contributed by atoms with Gasteiger partial charge in [0.05, 0.1) is 6.42 Å². The highest BCUT2D eigenvalue weighted by Crippen LogP contribution is 2.30. The molecule has 3 aromatic rings. The monoisotopic (exact) mass is 290 g/mol. The average Bonchev–Trinajstić information content (AvgIpc) is 2.54. The van der Waals surface area contributed by atoms with Crippen molar-refractivity contribution < 1.29 is 9.90 Å². The quantitative estimate of drug-likeness (QED) is 0.727. The summed E-state index contributed by atoms with van der Waals surface area (Å²) < 4.78 is 0. The fourth-order valence-electron chi connectivity index (χ4n) is 2.85. The molecule has 0 spiro atoms. The fraction of sp³-hybridized carbons (Fsp3) is 0.150. The van der Waals surface area contributed by atoms with E-state index < -0.39 is 5.97 Å². The van der Waals surface area contributed by atoms with Crippen LogP contribution < -0.4 is 0 Å². The number of aliphatic carboxylic acids is 1. The molecule has 110 valence electrons. The van der Waals surface area contributed by atoms with E-state index >= 15 is 0 Å². The molecule has 1 atom stereocenters. The Balaban J connectivity index is 1.97. The van der Waals surface area contributed by atoms with Gasteiger partial charge in [-0.25, -0.2) is 0 Å². The van der Waals surface area contributed by atoms with E-state index in [9.17, 15) is 4.79 Å². The Morgan fingerprint density at radius 1 is 0.955 bits per heavy atom. The van der Waals surface area contributed by atoms with Crippen molar-refractivity contribution in [3.05, 3.63) is 72.3 Å². The van der Waals surface area contributed by atoms with Gasteiger partial charge in [0.15, 0.2) is 0 Å². The molecule has 1 unspecified atom stereocenters. The van der Waals surface area contributed by atoms with Gasteiger partial charge in [-0.05, 0) is 33.4 Å². The van der Waals surface area contributed by atoms with Crippen molar-refractivity contribution in [3.8, 4) is 11.1 Å². The summed E-state index contributed by atoms with van der Waals surface area (Å²) in [5, 5.41) is 11.4. The lowest BCUT2D eigenvalue weighted by Gasteiger charge is -2.11. The summed E-state index contributed by atoms with van der Waals surface area (Å²) >= 11 is 0. The lowest BCUT2D eigenvalue weighted by molar-refractivity contribution is -0.137. The van der Waals surface area contributed by atoms with Crippen LogP contribution in [-0.4, -0.2) is 11.1 Å². The third-order valence-electron chi connectivity index (χ3n) is 4.06. The molecule has 0 saturated carbocycles. The number of benzene rings is 3. The molecule has 22 heavy (non-hydrogen) atoms. The van der Waals surface area contributed by atoms with E-state index in [0.29, 0.717) is 0 Å². The van der Waals surface area contributed by atoms with E-state index in [4.69, 9.17) is 5.11 Å². The predicted molar refractivity (Wildman–Crippen MR) is 90.1 cm³/mol.